The number of hydrogen-bond donors (Lipinski definition) is 0. The Balaban J connectivity index is 1.65. The number of fused-ring (bicyclic) bond motifs is 1. The molecule has 0 amide bonds. The molecule has 5 rings (SSSR count). The zero-order chi connectivity index (χ0) is 17.3. The number of aliphatic imine (C=N–C) groups is 1. The maximum absolute atomic E-state index is 4.94. The van der Waals surface area contributed by atoms with Crippen LogP contribution >= 0.6 is 11.3 Å². The SMILES string of the molecule is c1ccc(-c2cc3n(n2)C(c2ccccc2)CC(c2cccs2)=N3)cc1. The number of rotatable bonds is 3. The van der Waals surface area contributed by atoms with E-state index in [1.807, 2.05) is 18.2 Å². The summed E-state index contributed by atoms with van der Waals surface area (Å²) in [4.78, 5) is 6.17. The topological polar surface area (TPSA) is 30.2 Å². The smallest absolute Gasteiger partial charge is 0.151 e. The minimum Gasteiger partial charge on any atom is -0.239 e. The van der Waals surface area contributed by atoms with E-state index in [-0.39, 0.29) is 6.04 Å². The summed E-state index contributed by atoms with van der Waals surface area (Å²) in [6, 6.07) is 27.4. The Hall–Kier alpha value is -2.98. The minimum atomic E-state index is 0.165. The van der Waals surface area contributed by atoms with E-state index in [0.29, 0.717) is 0 Å². The van der Waals surface area contributed by atoms with E-state index in [4.69, 9.17) is 10.1 Å². The summed E-state index contributed by atoms with van der Waals surface area (Å²) < 4.78 is 2.08. The van der Waals surface area contributed by atoms with Crippen LogP contribution in [0.5, 0.6) is 0 Å². The maximum Gasteiger partial charge on any atom is 0.151 e. The highest BCUT2D eigenvalue weighted by atomic mass is 32.1. The average molecular weight is 355 g/mol. The molecule has 0 saturated carbocycles. The normalized spacial score (nSPS) is 16.2. The first-order valence-corrected chi connectivity index (χ1v) is 9.58. The molecule has 2 aromatic carbocycles. The van der Waals surface area contributed by atoms with Gasteiger partial charge in [-0.1, -0.05) is 66.7 Å². The molecule has 4 aromatic rings. The third-order valence-electron chi connectivity index (χ3n) is 4.71. The van der Waals surface area contributed by atoms with Crippen molar-refractivity contribution in [3.05, 3.63) is 94.7 Å². The van der Waals surface area contributed by atoms with Crippen molar-refractivity contribution in [1.82, 2.24) is 9.78 Å². The molecule has 1 aliphatic heterocycles. The number of aromatic nitrogens is 2. The first kappa shape index (κ1) is 15.3. The molecule has 0 fully saturated rings. The quantitative estimate of drug-likeness (QED) is 0.462. The lowest BCUT2D eigenvalue weighted by atomic mass is 9.99. The Morgan fingerprint density at radius 3 is 2.38 bits per heavy atom. The van der Waals surface area contributed by atoms with Gasteiger partial charge in [0.15, 0.2) is 5.82 Å². The third-order valence-corrected chi connectivity index (χ3v) is 5.63. The molecule has 3 nitrogen and oxygen atoms in total. The number of nitrogens with zero attached hydrogens (tertiary/aromatic N) is 3. The van der Waals surface area contributed by atoms with E-state index in [2.05, 4.69) is 70.7 Å². The van der Waals surface area contributed by atoms with Crippen molar-refractivity contribution in [3.8, 4) is 11.3 Å². The summed E-state index contributed by atoms with van der Waals surface area (Å²) in [7, 11) is 0. The summed E-state index contributed by atoms with van der Waals surface area (Å²) in [5, 5.41) is 7.02. The van der Waals surface area contributed by atoms with Crippen LogP contribution in [0, 0.1) is 0 Å². The second-order valence-corrected chi connectivity index (χ2v) is 7.31. The molecule has 1 aliphatic rings. The highest BCUT2D eigenvalue weighted by Crippen LogP contribution is 2.36. The van der Waals surface area contributed by atoms with Gasteiger partial charge >= 0.3 is 0 Å². The van der Waals surface area contributed by atoms with Crippen molar-refractivity contribution >= 4 is 22.9 Å². The monoisotopic (exact) mass is 355 g/mol. The van der Waals surface area contributed by atoms with Crippen molar-refractivity contribution in [2.24, 2.45) is 4.99 Å². The Kier molecular flexibility index (Phi) is 3.76. The largest absolute Gasteiger partial charge is 0.239 e. The van der Waals surface area contributed by atoms with Gasteiger partial charge in [-0.05, 0) is 17.0 Å². The second-order valence-electron chi connectivity index (χ2n) is 6.36. The maximum atomic E-state index is 4.94. The van der Waals surface area contributed by atoms with Gasteiger partial charge in [-0.2, -0.15) is 5.10 Å². The Morgan fingerprint density at radius 1 is 0.885 bits per heavy atom. The summed E-state index contributed by atoms with van der Waals surface area (Å²) in [5.74, 6) is 0.923. The van der Waals surface area contributed by atoms with Crippen LogP contribution in [0.15, 0.2) is 89.2 Å². The predicted molar refractivity (Wildman–Crippen MR) is 107 cm³/mol. The molecule has 0 saturated heterocycles. The van der Waals surface area contributed by atoms with E-state index in [1.54, 1.807) is 11.3 Å². The zero-order valence-electron chi connectivity index (χ0n) is 14.1. The summed E-state index contributed by atoms with van der Waals surface area (Å²) in [6.45, 7) is 0. The number of thiophene rings is 1. The number of hydrogen-bond acceptors (Lipinski definition) is 3. The fourth-order valence-corrected chi connectivity index (χ4v) is 4.16. The van der Waals surface area contributed by atoms with Gasteiger partial charge in [-0.25, -0.2) is 9.67 Å². The second kappa shape index (κ2) is 6.39. The van der Waals surface area contributed by atoms with Crippen LogP contribution < -0.4 is 0 Å². The molecule has 0 N–H and O–H groups in total. The van der Waals surface area contributed by atoms with Gasteiger partial charge in [-0.3, -0.25) is 0 Å². The van der Waals surface area contributed by atoms with E-state index >= 15 is 0 Å². The fourth-order valence-electron chi connectivity index (χ4n) is 3.43. The first-order valence-electron chi connectivity index (χ1n) is 8.70. The van der Waals surface area contributed by atoms with E-state index < -0.39 is 0 Å². The molecule has 0 spiro atoms. The van der Waals surface area contributed by atoms with Crippen molar-refractivity contribution in [2.45, 2.75) is 12.5 Å². The van der Waals surface area contributed by atoms with Crippen molar-refractivity contribution < 1.29 is 0 Å². The van der Waals surface area contributed by atoms with Gasteiger partial charge in [0.2, 0.25) is 0 Å². The van der Waals surface area contributed by atoms with Gasteiger partial charge in [0.05, 0.1) is 17.4 Å². The highest BCUT2D eigenvalue weighted by Gasteiger charge is 2.26. The molecule has 0 bridgehead atoms. The lowest BCUT2D eigenvalue weighted by Crippen LogP contribution is -2.20. The highest BCUT2D eigenvalue weighted by molar-refractivity contribution is 7.12. The van der Waals surface area contributed by atoms with Crippen LogP contribution in [-0.4, -0.2) is 15.5 Å². The van der Waals surface area contributed by atoms with E-state index in [1.165, 1.54) is 10.4 Å². The molecular weight excluding hydrogens is 338 g/mol. The standard InChI is InChI=1S/C22H17N3S/c1-3-8-16(9-4-1)18-15-22-23-19(21-12-7-13-26-21)14-20(25(22)24-18)17-10-5-2-6-11-17/h1-13,15,20H,14H2. The zero-order valence-corrected chi connectivity index (χ0v) is 14.9. The van der Waals surface area contributed by atoms with Crippen LogP contribution in [0.4, 0.5) is 5.82 Å². The Labute approximate surface area is 156 Å². The molecule has 26 heavy (non-hydrogen) atoms. The summed E-state index contributed by atoms with van der Waals surface area (Å²) in [5.41, 5.74) is 4.49. The molecule has 1 atom stereocenters. The molecule has 1 unspecified atom stereocenters. The van der Waals surface area contributed by atoms with Gasteiger partial charge in [0, 0.05) is 22.9 Å². The molecule has 0 radical (unpaired) electrons. The molecule has 0 aliphatic carbocycles. The van der Waals surface area contributed by atoms with Crippen LogP contribution in [0.25, 0.3) is 11.3 Å². The van der Waals surface area contributed by atoms with Gasteiger partial charge in [0.25, 0.3) is 0 Å². The van der Waals surface area contributed by atoms with Crippen LogP contribution in [0.2, 0.25) is 0 Å². The first-order chi connectivity index (χ1) is 12.9. The lowest BCUT2D eigenvalue weighted by Gasteiger charge is -2.24. The molecule has 4 heteroatoms. The van der Waals surface area contributed by atoms with Crippen LogP contribution in [-0.2, 0) is 0 Å². The molecule has 2 aromatic heterocycles. The van der Waals surface area contributed by atoms with Crippen molar-refractivity contribution in [2.75, 3.05) is 0 Å². The molecule has 126 valence electrons. The Morgan fingerprint density at radius 2 is 1.65 bits per heavy atom. The van der Waals surface area contributed by atoms with Gasteiger partial charge in [0.1, 0.15) is 0 Å². The summed E-state index contributed by atoms with van der Waals surface area (Å²) in [6.07, 6.45) is 0.855. The van der Waals surface area contributed by atoms with Crippen molar-refractivity contribution in [1.29, 1.82) is 0 Å². The predicted octanol–water partition coefficient (Wildman–Crippen LogP) is 5.73. The van der Waals surface area contributed by atoms with Crippen molar-refractivity contribution in [3.63, 3.8) is 0 Å². The van der Waals surface area contributed by atoms with Gasteiger partial charge < -0.3 is 0 Å². The summed E-state index contributed by atoms with van der Waals surface area (Å²) >= 11 is 1.74. The Bertz CT molecular complexity index is 1050. The van der Waals surface area contributed by atoms with Gasteiger partial charge in [-0.15, -0.1) is 11.3 Å². The van der Waals surface area contributed by atoms with E-state index in [0.717, 1.165) is 29.2 Å². The number of benzene rings is 2. The van der Waals surface area contributed by atoms with E-state index in [9.17, 15) is 0 Å². The lowest BCUT2D eigenvalue weighted by molar-refractivity contribution is 0.534. The van der Waals surface area contributed by atoms with Crippen LogP contribution in [0.1, 0.15) is 22.9 Å². The third kappa shape index (κ3) is 2.68. The molecular formula is C22H17N3S. The average Bonchev–Trinajstić information content (AvgIpc) is 3.38. The fraction of sp³-hybridized carbons (Fsp3) is 0.0909. The minimum absolute atomic E-state index is 0.165. The molecule has 3 heterocycles. The van der Waals surface area contributed by atoms with Crippen LogP contribution in [0.3, 0.4) is 0 Å².